The Labute approximate surface area is 185 Å². The van der Waals surface area contributed by atoms with Crippen LogP contribution in [0, 0.1) is 24.6 Å². The maximum absolute atomic E-state index is 13.8. The molecule has 4 rings (SSSR count). The third-order valence-electron chi connectivity index (χ3n) is 6.31. The summed E-state index contributed by atoms with van der Waals surface area (Å²) >= 11 is 0. The van der Waals surface area contributed by atoms with Gasteiger partial charge in [0, 0.05) is 29.6 Å². The predicted molar refractivity (Wildman–Crippen MR) is 118 cm³/mol. The molecule has 0 radical (unpaired) electrons. The van der Waals surface area contributed by atoms with E-state index in [1.54, 1.807) is 36.1 Å². The van der Waals surface area contributed by atoms with Gasteiger partial charge in [-0.3, -0.25) is 14.4 Å². The fourth-order valence-corrected chi connectivity index (χ4v) is 4.27. The van der Waals surface area contributed by atoms with Crippen LogP contribution in [0.2, 0.25) is 0 Å². The number of hydrogen-bond acceptors (Lipinski definition) is 3. The third kappa shape index (κ3) is 4.30. The van der Waals surface area contributed by atoms with Gasteiger partial charge in [-0.1, -0.05) is 25.2 Å². The summed E-state index contributed by atoms with van der Waals surface area (Å²) in [6.45, 7) is 4.44. The van der Waals surface area contributed by atoms with Crippen molar-refractivity contribution >= 4 is 28.7 Å². The Morgan fingerprint density at radius 2 is 1.91 bits per heavy atom. The maximum Gasteiger partial charge on any atom is 0.306 e. The number of carboxylic acid groups (broad SMARTS) is 1. The van der Waals surface area contributed by atoms with Crippen molar-refractivity contribution in [2.24, 2.45) is 11.8 Å². The van der Waals surface area contributed by atoms with E-state index in [0.717, 1.165) is 0 Å². The van der Waals surface area contributed by atoms with Crippen molar-refractivity contribution < 1.29 is 23.9 Å². The Morgan fingerprint density at radius 1 is 1.19 bits per heavy atom. The molecule has 1 aliphatic heterocycles. The molecule has 0 saturated carbocycles. The van der Waals surface area contributed by atoms with Gasteiger partial charge in [-0.05, 0) is 49.4 Å². The summed E-state index contributed by atoms with van der Waals surface area (Å²) in [5.74, 6) is -2.05. The quantitative estimate of drug-likeness (QED) is 0.681. The monoisotopic (exact) mass is 439 g/mol. The maximum atomic E-state index is 13.8. The molecule has 7 nitrogen and oxygen atoms in total. The van der Waals surface area contributed by atoms with Crippen molar-refractivity contribution in [1.29, 1.82) is 0 Å². The highest BCUT2D eigenvalue weighted by Crippen LogP contribution is 2.24. The highest BCUT2D eigenvalue weighted by atomic mass is 19.1. The van der Waals surface area contributed by atoms with Crippen molar-refractivity contribution in [3.8, 4) is 0 Å². The van der Waals surface area contributed by atoms with Crippen LogP contribution < -0.4 is 5.32 Å². The van der Waals surface area contributed by atoms with Crippen LogP contribution in [-0.2, 0) is 9.59 Å². The highest BCUT2D eigenvalue weighted by molar-refractivity contribution is 5.99. The second-order valence-electron chi connectivity index (χ2n) is 8.62. The van der Waals surface area contributed by atoms with E-state index >= 15 is 0 Å². The minimum absolute atomic E-state index is 0.108. The number of aliphatic carboxylic acids is 1. The first-order chi connectivity index (χ1) is 15.2. The minimum Gasteiger partial charge on any atom is -0.481 e. The van der Waals surface area contributed by atoms with Gasteiger partial charge in [0.15, 0.2) is 0 Å². The SMILES string of the molecule is Cc1cc2[nH]c(C(=O)N[C@H]3C=CC(C(=O)N4CCC(C(=O)O)CC4)=CC3C)cc2cc1F. The smallest absolute Gasteiger partial charge is 0.306 e. The number of hydrogen-bond donors (Lipinski definition) is 3. The number of aryl methyl sites for hydroxylation is 1. The van der Waals surface area contributed by atoms with Crippen molar-refractivity contribution in [2.45, 2.75) is 32.7 Å². The summed E-state index contributed by atoms with van der Waals surface area (Å²) in [7, 11) is 0. The zero-order chi connectivity index (χ0) is 23.0. The molecule has 1 aliphatic carbocycles. The van der Waals surface area contributed by atoms with Gasteiger partial charge in [-0.25, -0.2) is 4.39 Å². The molecule has 168 valence electrons. The van der Waals surface area contributed by atoms with E-state index in [-0.39, 0.29) is 29.6 Å². The molecule has 2 aliphatic rings. The highest BCUT2D eigenvalue weighted by Gasteiger charge is 2.29. The van der Waals surface area contributed by atoms with Crippen LogP contribution in [0.1, 0.15) is 35.8 Å². The molecule has 2 amide bonds. The molecule has 1 saturated heterocycles. The molecular weight excluding hydrogens is 413 g/mol. The van der Waals surface area contributed by atoms with Crippen LogP contribution in [0.3, 0.4) is 0 Å². The summed E-state index contributed by atoms with van der Waals surface area (Å²) in [6, 6.07) is 4.41. The molecule has 1 aromatic heterocycles. The Kier molecular flexibility index (Phi) is 5.86. The molecular formula is C24H26FN3O4. The number of piperidine rings is 1. The Bertz CT molecular complexity index is 1100. The fourth-order valence-electron chi connectivity index (χ4n) is 4.27. The van der Waals surface area contributed by atoms with Crippen molar-refractivity contribution in [2.75, 3.05) is 13.1 Å². The molecule has 3 N–H and O–H groups in total. The number of aromatic nitrogens is 1. The zero-order valence-electron chi connectivity index (χ0n) is 18.0. The van der Waals surface area contributed by atoms with Gasteiger partial charge >= 0.3 is 5.97 Å². The Morgan fingerprint density at radius 3 is 2.56 bits per heavy atom. The number of rotatable bonds is 4. The number of amides is 2. The number of nitrogens with zero attached hydrogens (tertiary/aromatic N) is 1. The van der Waals surface area contributed by atoms with Crippen LogP contribution in [0.5, 0.6) is 0 Å². The van der Waals surface area contributed by atoms with Gasteiger partial charge in [0.05, 0.1) is 12.0 Å². The number of aromatic amines is 1. The second kappa shape index (κ2) is 8.61. The van der Waals surface area contributed by atoms with Crippen molar-refractivity contribution in [3.05, 3.63) is 59.1 Å². The van der Waals surface area contributed by atoms with Gasteiger partial charge in [-0.2, -0.15) is 0 Å². The van der Waals surface area contributed by atoms with Crippen LogP contribution in [0.4, 0.5) is 4.39 Å². The lowest BCUT2D eigenvalue weighted by atomic mass is 9.91. The number of carbonyl (C=O) groups excluding carboxylic acids is 2. The van der Waals surface area contributed by atoms with E-state index in [2.05, 4.69) is 10.3 Å². The average Bonchev–Trinajstić information content (AvgIpc) is 3.17. The molecule has 1 fully saturated rings. The molecule has 2 atom stereocenters. The second-order valence-corrected chi connectivity index (χ2v) is 8.62. The van der Waals surface area contributed by atoms with E-state index in [9.17, 15) is 18.8 Å². The van der Waals surface area contributed by atoms with E-state index in [4.69, 9.17) is 5.11 Å². The van der Waals surface area contributed by atoms with Gasteiger partial charge in [0.25, 0.3) is 11.8 Å². The fraction of sp³-hybridized carbons (Fsp3) is 0.375. The largest absolute Gasteiger partial charge is 0.481 e. The minimum atomic E-state index is -0.809. The number of benzene rings is 1. The number of nitrogens with one attached hydrogen (secondary N) is 2. The van der Waals surface area contributed by atoms with Crippen LogP contribution in [0.25, 0.3) is 10.9 Å². The molecule has 8 heteroatoms. The van der Waals surface area contributed by atoms with Crippen molar-refractivity contribution in [3.63, 3.8) is 0 Å². The topological polar surface area (TPSA) is 103 Å². The van der Waals surface area contributed by atoms with Crippen LogP contribution in [0.15, 0.2) is 42.0 Å². The molecule has 1 aromatic carbocycles. The van der Waals surface area contributed by atoms with Gasteiger partial charge in [0.2, 0.25) is 0 Å². The Balaban J connectivity index is 1.39. The third-order valence-corrected chi connectivity index (χ3v) is 6.31. The normalized spacial score (nSPS) is 21.5. The van der Waals surface area contributed by atoms with E-state index in [0.29, 0.717) is 53.7 Å². The van der Waals surface area contributed by atoms with Gasteiger partial charge in [-0.15, -0.1) is 0 Å². The summed E-state index contributed by atoms with van der Waals surface area (Å²) in [6.07, 6.45) is 6.26. The summed E-state index contributed by atoms with van der Waals surface area (Å²) < 4.78 is 13.8. The van der Waals surface area contributed by atoms with Crippen LogP contribution >= 0.6 is 0 Å². The van der Waals surface area contributed by atoms with Gasteiger partial charge in [0.1, 0.15) is 11.5 Å². The number of likely N-dealkylation sites (tertiary alicyclic amines) is 1. The molecule has 32 heavy (non-hydrogen) atoms. The average molecular weight is 439 g/mol. The number of carbonyl (C=O) groups is 3. The lowest BCUT2D eigenvalue weighted by Crippen LogP contribution is -2.42. The standard InChI is InChI=1S/C24H26FN3O4/c1-13-10-20-17(11-18(13)25)12-21(26-20)22(29)27-19-4-3-16(9-14(19)2)23(30)28-7-5-15(6-8-28)24(31)32/h3-4,9-12,14-15,19,26H,5-8H2,1-2H3,(H,27,29)(H,31,32)/t14?,19-/m0/s1. The molecule has 2 heterocycles. The zero-order valence-corrected chi connectivity index (χ0v) is 18.0. The lowest BCUT2D eigenvalue weighted by molar-refractivity contribution is -0.145. The Hall–Kier alpha value is -3.42. The first-order valence-corrected chi connectivity index (χ1v) is 10.7. The van der Waals surface area contributed by atoms with Crippen molar-refractivity contribution in [1.82, 2.24) is 15.2 Å². The van der Waals surface area contributed by atoms with E-state index in [1.807, 2.05) is 13.0 Å². The number of fused-ring (bicyclic) bond motifs is 1. The van der Waals surface area contributed by atoms with Gasteiger partial charge < -0.3 is 20.3 Å². The number of carboxylic acids is 1. The molecule has 1 unspecified atom stereocenters. The van der Waals surface area contributed by atoms with E-state index in [1.165, 1.54) is 6.07 Å². The summed E-state index contributed by atoms with van der Waals surface area (Å²) in [5, 5.41) is 12.7. The lowest BCUT2D eigenvalue weighted by Gasteiger charge is -2.32. The summed E-state index contributed by atoms with van der Waals surface area (Å²) in [4.78, 5) is 41.4. The molecule has 0 bridgehead atoms. The predicted octanol–water partition coefficient (Wildman–Crippen LogP) is 3.17. The number of H-pyrrole nitrogens is 1. The summed E-state index contributed by atoms with van der Waals surface area (Å²) in [5.41, 5.74) is 2.09. The first-order valence-electron chi connectivity index (χ1n) is 10.7. The number of halogens is 1. The van der Waals surface area contributed by atoms with Crippen LogP contribution in [-0.4, -0.2) is 51.9 Å². The first kappa shape index (κ1) is 21.8. The molecule has 0 spiro atoms. The molecule has 2 aromatic rings. The van der Waals surface area contributed by atoms with E-state index < -0.39 is 11.9 Å².